The summed E-state index contributed by atoms with van der Waals surface area (Å²) in [6, 6.07) is 8.53. The van der Waals surface area contributed by atoms with Crippen LogP contribution in [-0.2, 0) is 4.79 Å². The van der Waals surface area contributed by atoms with Gasteiger partial charge >= 0.3 is 6.03 Å². The Morgan fingerprint density at radius 3 is 2.78 bits per heavy atom. The number of nitrogens with one attached hydrogen (secondary N) is 3. The minimum absolute atomic E-state index is 0.156. The molecule has 27 heavy (non-hydrogen) atoms. The summed E-state index contributed by atoms with van der Waals surface area (Å²) in [6.07, 6.45) is 2.84. The maximum atomic E-state index is 12.2. The van der Waals surface area contributed by atoms with Crippen molar-refractivity contribution in [2.75, 3.05) is 22.5 Å². The van der Waals surface area contributed by atoms with Crippen LogP contribution in [0.2, 0.25) is 0 Å². The fraction of sp³-hybridized carbons (Fsp3) is 0.263. The number of amides is 2. The number of ketones is 1. The molecule has 0 radical (unpaired) electrons. The van der Waals surface area contributed by atoms with E-state index in [2.05, 4.69) is 25.9 Å². The average molecular weight is 367 g/mol. The zero-order valence-electron chi connectivity index (χ0n) is 15.2. The van der Waals surface area contributed by atoms with Gasteiger partial charge in [0, 0.05) is 35.8 Å². The molecule has 0 unspecified atom stereocenters. The molecule has 1 aromatic carbocycles. The topological polar surface area (TPSA) is 109 Å². The van der Waals surface area contributed by atoms with Crippen molar-refractivity contribution in [3.05, 3.63) is 42.3 Å². The van der Waals surface area contributed by atoms with E-state index in [0.717, 1.165) is 17.4 Å². The van der Waals surface area contributed by atoms with Gasteiger partial charge in [-0.15, -0.1) is 0 Å². The predicted molar refractivity (Wildman–Crippen MR) is 104 cm³/mol. The minimum atomic E-state index is -0.439. The summed E-state index contributed by atoms with van der Waals surface area (Å²) < 4.78 is 5.28. The molecule has 140 valence electrons. The Balaban J connectivity index is 1.60. The monoisotopic (exact) mass is 367 g/mol. The summed E-state index contributed by atoms with van der Waals surface area (Å²) in [7, 11) is 0. The molecule has 0 aliphatic carbocycles. The van der Waals surface area contributed by atoms with E-state index in [1.807, 2.05) is 19.1 Å². The van der Waals surface area contributed by atoms with Gasteiger partial charge in [-0.2, -0.15) is 4.98 Å². The lowest BCUT2D eigenvalue weighted by Crippen LogP contribution is -2.21. The number of carbonyl (C=O) groups excluding carboxylic acids is 2. The maximum Gasteiger partial charge on any atom is 0.326 e. The molecule has 0 atom stereocenters. The highest BCUT2D eigenvalue weighted by atomic mass is 16.3. The van der Waals surface area contributed by atoms with Gasteiger partial charge in [0.2, 0.25) is 5.95 Å². The van der Waals surface area contributed by atoms with Crippen molar-refractivity contribution in [3.63, 3.8) is 0 Å². The number of benzene rings is 1. The molecule has 3 N–H and O–H groups in total. The number of fused-ring (bicyclic) bond motifs is 1. The molecular weight excluding hydrogens is 346 g/mol. The van der Waals surface area contributed by atoms with Crippen molar-refractivity contribution < 1.29 is 14.0 Å². The number of Topliss-reactive ketones (excluding diaryl/α,β-unsaturated/α-hetero) is 1. The Bertz CT molecular complexity index is 967. The molecule has 0 spiro atoms. The van der Waals surface area contributed by atoms with Crippen LogP contribution in [0.1, 0.15) is 25.5 Å². The van der Waals surface area contributed by atoms with E-state index in [0.29, 0.717) is 30.2 Å². The van der Waals surface area contributed by atoms with Crippen LogP contribution in [0.4, 0.5) is 22.2 Å². The van der Waals surface area contributed by atoms with E-state index in [1.165, 1.54) is 0 Å². The SMILES string of the molecule is CC(=O)CCCNc1cc(C)nc(NC(=O)Nc2ccc3occc3c2)n1. The van der Waals surface area contributed by atoms with Gasteiger partial charge in [-0.25, -0.2) is 9.78 Å². The summed E-state index contributed by atoms with van der Waals surface area (Å²) in [4.78, 5) is 31.7. The number of hydrogen-bond acceptors (Lipinski definition) is 6. The lowest BCUT2D eigenvalue weighted by Gasteiger charge is -2.10. The van der Waals surface area contributed by atoms with E-state index < -0.39 is 6.03 Å². The highest BCUT2D eigenvalue weighted by molar-refractivity contribution is 6.00. The number of rotatable bonds is 7. The van der Waals surface area contributed by atoms with Crippen LogP contribution in [0, 0.1) is 6.92 Å². The molecule has 3 rings (SSSR count). The highest BCUT2D eigenvalue weighted by Gasteiger charge is 2.08. The Kier molecular flexibility index (Phi) is 5.65. The summed E-state index contributed by atoms with van der Waals surface area (Å²) in [5.74, 6) is 0.954. The predicted octanol–water partition coefficient (Wildman–Crippen LogP) is 3.96. The fourth-order valence-corrected chi connectivity index (χ4v) is 2.58. The van der Waals surface area contributed by atoms with Crippen LogP contribution in [0.3, 0.4) is 0 Å². The molecule has 0 aliphatic heterocycles. The first kappa shape index (κ1) is 18.4. The van der Waals surface area contributed by atoms with Crippen molar-refractivity contribution in [2.24, 2.45) is 0 Å². The largest absolute Gasteiger partial charge is 0.464 e. The normalized spacial score (nSPS) is 10.6. The second kappa shape index (κ2) is 8.31. The second-order valence-corrected chi connectivity index (χ2v) is 6.20. The number of aromatic nitrogens is 2. The third-order valence-electron chi connectivity index (χ3n) is 3.80. The van der Waals surface area contributed by atoms with Gasteiger partial charge in [0.15, 0.2) is 0 Å². The van der Waals surface area contributed by atoms with E-state index >= 15 is 0 Å². The number of hydrogen-bond donors (Lipinski definition) is 3. The average Bonchev–Trinajstić information content (AvgIpc) is 3.05. The molecular formula is C19H21N5O3. The summed E-state index contributed by atoms with van der Waals surface area (Å²) in [5.41, 5.74) is 2.11. The van der Waals surface area contributed by atoms with Gasteiger partial charge in [-0.3, -0.25) is 5.32 Å². The Labute approximate surface area is 156 Å². The van der Waals surface area contributed by atoms with E-state index in [-0.39, 0.29) is 11.7 Å². The number of carbonyl (C=O) groups is 2. The van der Waals surface area contributed by atoms with Gasteiger partial charge in [-0.05, 0) is 44.5 Å². The van der Waals surface area contributed by atoms with Crippen LogP contribution in [0.5, 0.6) is 0 Å². The molecule has 8 nitrogen and oxygen atoms in total. The number of aryl methyl sites for hydroxylation is 1. The van der Waals surface area contributed by atoms with E-state index in [4.69, 9.17) is 4.42 Å². The van der Waals surface area contributed by atoms with Gasteiger partial charge in [-0.1, -0.05) is 0 Å². The number of furan rings is 1. The quantitative estimate of drug-likeness (QED) is 0.545. The summed E-state index contributed by atoms with van der Waals surface area (Å²) in [5, 5.41) is 9.41. The number of anilines is 3. The summed E-state index contributed by atoms with van der Waals surface area (Å²) in [6.45, 7) is 4.00. The minimum Gasteiger partial charge on any atom is -0.464 e. The Hall–Kier alpha value is -3.42. The Morgan fingerprint density at radius 1 is 1.11 bits per heavy atom. The molecule has 3 aromatic rings. The van der Waals surface area contributed by atoms with Crippen LogP contribution in [-0.4, -0.2) is 28.3 Å². The zero-order chi connectivity index (χ0) is 19.2. The first-order valence-electron chi connectivity index (χ1n) is 8.64. The molecule has 0 saturated carbocycles. The van der Waals surface area contributed by atoms with E-state index in [9.17, 15) is 9.59 Å². The summed E-state index contributed by atoms with van der Waals surface area (Å²) >= 11 is 0. The van der Waals surface area contributed by atoms with Gasteiger partial charge in [0.1, 0.15) is 17.2 Å². The van der Waals surface area contributed by atoms with E-state index in [1.54, 1.807) is 31.4 Å². The molecule has 2 aromatic heterocycles. The first-order valence-corrected chi connectivity index (χ1v) is 8.64. The Morgan fingerprint density at radius 2 is 1.96 bits per heavy atom. The molecule has 0 saturated heterocycles. The number of nitrogens with zero attached hydrogens (tertiary/aromatic N) is 2. The molecule has 2 heterocycles. The lowest BCUT2D eigenvalue weighted by atomic mass is 10.2. The van der Waals surface area contributed by atoms with Gasteiger partial charge < -0.3 is 19.8 Å². The van der Waals surface area contributed by atoms with Crippen molar-refractivity contribution in [1.82, 2.24) is 9.97 Å². The third-order valence-corrected chi connectivity index (χ3v) is 3.80. The zero-order valence-corrected chi connectivity index (χ0v) is 15.2. The standard InChI is InChI=1S/C19H21N5O3/c1-12-10-17(20-8-3-4-13(2)25)23-18(21-12)24-19(26)22-15-5-6-16-14(11-15)7-9-27-16/h5-7,9-11H,3-4,8H2,1-2H3,(H3,20,21,22,23,24,26). The third kappa shape index (κ3) is 5.27. The smallest absolute Gasteiger partial charge is 0.326 e. The molecule has 8 heteroatoms. The highest BCUT2D eigenvalue weighted by Crippen LogP contribution is 2.20. The lowest BCUT2D eigenvalue weighted by molar-refractivity contribution is -0.117. The molecule has 0 aliphatic rings. The van der Waals surface area contributed by atoms with Crippen LogP contribution in [0.15, 0.2) is 41.0 Å². The maximum absolute atomic E-state index is 12.2. The van der Waals surface area contributed by atoms with Crippen molar-refractivity contribution in [1.29, 1.82) is 0 Å². The second-order valence-electron chi connectivity index (χ2n) is 6.20. The first-order chi connectivity index (χ1) is 13.0. The van der Waals surface area contributed by atoms with Crippen molar-refractivity contribution in [2.45, 2.75) is 26.7 Å². The van der Waals surface area contributed by atoms with Gasteiger partial charge in [0.05, 0.1) is 6.26 Å². The molecule has 0 fully saturated rings. The van der Waals surface area contributed by atoms with Crippen molar-refractivity contribution in [3.8, 4) is 0 Å². The van der Waals surface area contributed by atoms with Crippen LogP contribution in [0.25, 0.3) is 11.0 Å². The van der Waals surface area contributed by atoms with Gasteiger partial charge in [0.25, 0.3) is 0 Å². The molecule has 0 bridgehead atoms. The number of urea groups is 1. The van der Waals surface area contributed by atoms with Crippen LogP contribution < -0.4 is 16.0 Å². The van der Waals surface area contributed by atoms with Crippen molar-refractivity contribution >= 4 is 40.2 Å². The van der Waals surface area contributed by atoms with Crippen LogP contribution >= 0.6 is 0 Å². The fourth-order valence-electron chi connectivity index (χ4n) is 2.58. The molecule has 2 amide bonds.